The summed E-state index contributed by atoms with van der Waals surface area (Å²) in [5.74, 6) is 0.796. The number of carbonyl (C=O) groups is 2. The van der Waals surface area contributed by atoms with Gasteiger partial charge in [-0.1, -0.05) is 17.3 Å². The molecular weight excluding hydrogens is 322 g/mol. The van der Waals surface area contributed by atoms with Crippen molar-refractivity contribution in [3.63, 3.8) is 0 Å². The van der Waals surface area contributed by atoms with E-state index in [4.69, 9.17) is 4.52 Å². The first-order chi connectivity index (χ1) is 12.2. The summed E-state index contributed by atoms with van der Waals surface area (Å²) >= 11 is 0. The van der Waals surface area contributed by atoms with E-state index < -0.39 is 0 Å². The number of aromatic nitrogens is 1. The zero-order valence-corrected chi connectivity index (χ0v) is 14.0. The second-order valence-electron chi connectivity index (χ2n) is 6.67. The molecule has 25 heavy (non-hydrogen) atoms. The quantitative estimate of drug-likeness (QED) is 0.342. The summed E-state index contributed by atoms with van der Waals surface area (Å²) in [6, 6.07) is 1.77. The lowest BCUT2D eigenvalue weighted by Crippen LogP contribution is -2.43. The Morgan fingerprint density at radius 1 is 1.28 bits per heavy atom. The molecule has 8 heteroatoms. The molecule has 1 saturated carbocycles. The summed E-state index contributed by atoms with van der Waals surface area (Å²) in [7, 11) is 1.66. The van der Waals surface area contributed by atoms with Crippen molar-refractivity contribution in [2.24, 2.45) is 28.7 Å². The Labute approximate surface area is 145 Å². The van der Waals surface area contributed by atoms with Crippen molar-refractivity contribution in [3.05, 3.63) is 30.2 Å². The molecule has 0 spiro atoms. The van der Waals surface area contributed by atoms with Crippen molar-refractivity contribution in [3.8, 4) is 0 Å². The fourth-order valence-corrected chi connectivity index (χ4v) is 4.19. The number of nitrogens with one attached hydrogen (secondary N) is 2. The second-order valence-corrected chi connectivity index (χ2v) is 6.67. The van der Waals surface area contributed by atoms with Crippen LogP contribution in [0, 0.1) is 23.7 Å². The summed E-state index contributed by atoms with van der Waals surface area (Å²) in [6.07, 6.45) is 6.68. The Balaban J connectivity index is 1.28. The van der Waals surface area contributed by atoms with Crippen LogP contribution in [0.5, 0.6) is 0 Å². The van der Waals surface area contributed by atoms with Crippen molar-refractivity contribution < 1.29 is 14.1 Å². The maximum atomic E-state index is 12.6. The number of hydrogen-bond acceptors (Lipinski definition) is 5. The smallest absolute Gasteiger partial charge is 0.233 e. The standard InChI is InChI=1S/C17H21N5O3/c1-18-17(20-9-12-4-7-25-21-12)19-5-6-22-15(23)13-10-2-3-11(8-10)14(13)16(22)24/h2-4,7,10-11,13-14H,5-6,8-9H2,1H3,(H2,18,19,20). The molecule has 1 aromatic heterocycles. The van der Waals surface area contributed by atoms with Crippen LogP contribution in [-0.4, -0.2) is 48.0 Å². The van der Waals surface area contributed by atoms with E-state index in [1.807, 2.05) is 0 Å². The first-order valence-corrected chi connectivity index (χ1v) is 8.56. The molecule has 2 bridgehead atoms. The van der Waals surface area contributed by atoms with E-state index in [0.717, 1.165) is 12.1 Å². The van der Waals surface area contributed by atoms with Crippen molar-refractivity contribution in [1.29, 1.82) is 0 Å². The van der Waals surface area contributed by atoms with Crippen molar-refractivity contribution in [2.45, 2.75) is 13.0 Å². The van der Waals surface area contributed by atoms with E-state index in [9.17, 15) is 9.59 Å². The molecule has 4 unspecified atom stereocenters. The van der Waals surface area contributed by atoms with Gasteiger partial charge in [0.2, 0.25) is 11.8 Å². The number of aliphatic imine (C=N–C) groups is 1. The predicted octanol–water partition coefficient (Wildman–Crippen LogP) is 0.147. The van der Waals surface area contributed by atoms with Crippen molar-refractivity contribution >= 4 is 17.8 Å². The lowest BCUT2D eigenvalue weighted by Gasteiger charge is -2.18. The number of amides is 2. The van der Waals surface area contributed by atoms with Crippen molar-refractivity contribution in [1.82, 2.24) is 20.7 Å². The van der Waals surface area contributed by atoms with Crippen LogP contribution in [0.1, 0.15) is 12.1 Å². The van der Waals surface area contributed by atoms with Crippen LogP contribution >= 0.6 is 0 Å². The number of guanidine groups is 1. The SMILES string of the molecule is CN=C(NCCN1C(=O)C2C3C=CC(C3)C2C1=O)NCc1ccon1. The Morgan fingerprint density at radius 2 is 2.00 bits per heavy atom. The molecule has 3 aliphatic rings. The molecule has 2 N–H and O–H groups in total. The fraction of sp³-hybridized carbons (Fsp3) is 0.529. The molecule has 132 valence electrons. The highest BCUT2D eigenvalue weighted by Crippen LogP contribution is 2.52. The van der Waals surface area contributed by atoms with E-state index in [-0.39, 0.29) is 35.5 Å². The van der Waals surface area contributed by atoms with Crippen molar-refractivity contribution in [2.75, 3.05) is 20.1 Å². The van der Waals surface area contributed by atoms with Gasteiger partial charge in [0.1, 0.15) is 12.0 Å². The molecule has 0 aromatic carbocycles. The molecule has 4 rings (SSSR count). The topological polar surface area (TPSA) is 99.8 Å². The number of carbonyl (C=O) groups excluding carboxylic acids is 2. The lowest BCUT2D eigenvalue weighted by atomic mass is 9.85. The van der Waals surface area contributed by atoms with E-state index in [2.05, 4.69) is 32.9 Å². The van der Waals surface area contributed by atoms with Gasteiger partial charge in [-0.15, -0.1) is 0 Å². The van der Waals surface area contributed by atoms with Gasteiger partial charge in [0.15, 0.2) is 5.96 Å². The van der Waals surface area contributed by atoms with Gasteiger partial charge in [-0.2, -0.15) is 0 Å². The van der Waals surface area contributed by atoms with Gasteiger partial charge in [-0.05, 0) is 18.3 Å². The molecule has 2 amide bonds. The zero-order chi connectivity index (χ0) is 17.4. The zero-order valence-electron chi connectivity index (χ0n) is 14.0. The molecule has 8 nitrogen and oxygen atoms in total. The summed E-state index contributed by atoms with van der Waals surface area (Å²) in [4.78, 5) is 30.7. The van der Waals surface area contributed by atoms with Crippen LogP contribution in [0.2, 0.25) is 0 Å². The molecule has 1 saturated heterocycles. The van der Waals surface area contributed by atoms with Crippen LogP contribution in [0.4, 0.5) is 0 Å². The average Bonchev–Trinajstić information content (AvgIpc) is 3.38. The molecular formula is C17H21N5O3. The number of hydrogen-bond donors (Lipinski definition) is 2. The number of allylic oxidation sites excluding steroid dienone is 2. The molecule has 2 heterocycles. The minimum atomic E-state index is -0.132. The Morgan fingerprint density at radius 3 is 2.60 bits per heavy atom. The number of rotatable bonds is 5. The van der Waals surface area contributed by atoms with Gasteiger partial charge < -0.3 is 15.2 Å². The first-order valence-electron chi connectivity index (χ1n) is 8.56. The normalized spacial score (nSPS) is 30.3. The molecule has 0 radical (unpaired) electrons. The number of nitrogens with zero attached hydrogens (tertiary/aromatic N) is 3. The minimum Gasteiger partial charge on any atom is -0.364 e. The van der Waals surface area contributed by atoms with Crippen LogP contribution < -0.4 is 10.6 Å². The molecule has 2 aliphatic carbocycles. The molecule has 1 aromatic rings. The number of likely N-dealkylation sites (tertiary alicyclic amines) is 1. The molecule has 2 fully saturated rings. The summed E-state index contributed by atoms with van der Waals surface area (Å²) < 4.78 is 4.77. The third kappa shape index (κ3) is 2.71. The number of imide groups is 1. The Hall–Kier alpha value is -2.64. The van der Waals surface area contributed by atoms with Gasteiger partial charge in [0.05, 0.1) is 18.4 Å². The summed E-state index contributed by atoms with van der Waals surface area (Å²) in [5, 5.41) is 10.0. The largest absolute Gasteiger partial charge is 0.364 e. The highest BCUT2D eigenvalue weighted by atomic mass is 16.5. The van der Waals surface area contributed by atoms with E-state index in [1.165, 1.54) is 11.2 Å². The average molecular weight is 343 g/mol. The van der Waals surface area contributed by atoms with Gasteiger partial charge >= 0.3 is 0 Å². The number of fused-ring (bicyclic) bond motifs is 5. The molecule has 4 atom stereocenters. The maximum absolute atomic E-state index is 12.6. The van der Waals surface area contributed by atoms with Gasteiger partial charge in [0.25, 0.3) is 0 Å². The van der Waals surface area contributed by atoms with Crippen LogP contribution in [-0.2, 0) is 16.1 Å². The van der Waals surface area contributed by atoms with Gasteiger partial charge in [0, 0.05) is 26.2 Å². The first kappa shape index (κ1) is 15.9. The van der Waals surface area contributed by atoms with Crippen LogP contribution in [0.25, 0.3) is 0 Å². The van der Waals surface area contributed by atoms with Crippen LogP contribution in [0.15, 0.2) is 34.0 Å². The Bertz CT molecular complexity index is 697. The minimum absolute atomic E-state index is 0.0146. The third-order valence-corrected chi connectivity index (χ3v) is 5.34. The molecule has 1 aliphatic heterocycles. The fourth-order valence-electron chi connectivity index (χ4n) is 4.19. The van der Waals surface area contributed by atoms with E-state index in [0.29, 0.717) is 25.6 Å². The monoisotopic (exact) mass is 343 g/mol. The second kappa shape index (κ2) is 6.34. The maximum Gasteiger partial charge on any atom is 0.233 e. The summed E-state index contributed by atoms with van der Waals surface area (Å²) in [5.41, 5.74) is 0.767. The van der Waals surface area contributed by atoms with Crippen LogP contribution in [0.3, 0.4) is 0 Å². The Kier molecular flexibility index (Phi) is 4.03. The van der Waals surface area contributed by atoms with E-state index >= 15 is 0 Å². The van der Waals surface area contributed by atoms with Gasteiger partial charge in [-0.25, -0.2) is 0 Å². The summed E-state index contributed by atoms with van der Waals surface area (Å²) in [6.45, 7) is 1.30. The predicted molar refractivity (Wildman–Crippen MR) is 89.1 cm³/mol. The highest BCUT2D eigenvalue weighted by Gasteiger charge is 2.58. The highest BCUT2D eigenvalue weighted by molar-refractivity contribution is 6.06. The van der Waals surface area contributed by atoms with E-state index in [1.54, 1.807) is 13.1 Å². The third-order valence-electron chi connectivity index (χ3n) is 5.34. The van der Waals surface area contributed by atoms with Gasteiger partial charge in [-0.3, -0.25) is 19.5 Å². The lowest BCUT2D eigenvalue weighted by molar-refractivity contribution is -0.140.